The van der Waals surface area contributed by atoms with Gasteiger partial charge in [-0.3, -0.25) is 9.58 Å². The largest absolute Gasteiger partial charge is 0.454 e. The van der Waals surface area contributed by atoms with E-state index in [-0.39, 0.29) is 6.04 Å². The molecule has 0 amide bonds. The van der Waals surface area contributed by atoms with Crippen molar-refractivity contribution in [1.29, 1.82) is 0 Å². The summed E-state index contributed by atoms with van der Waals surface area (Å²) in [5, 5.41) is 4.56. The summed E-state index contributed by atoms with van der Waals surface area (Å²) in [6.07, 6.45) is 3.96. The van der Waals surface area contributed by atoms with Gasteiger partial charge in [0.05, 0.1) is 18.8 Å². The molecule has 3 rings (SSSR count). The van der Waals surface area contributed by atoms with E-state index in [4.69, 9.17) is 14.2 Å². The average Bonchev–Trinajstić information content (AvgIpc) is 3.21. The first-order chi connectivity index (χ1) is 12.6. The number of hydrogen-bond donors (Lipinski definition) is 0. The van der Waals surface area contributed by atoms with Gasteiger partial charge in [-0.1, -0.05) is 12.1 Å². The lowest BCUT2D eigenvalue weighted by Crippen LogP contribution is -2.35. The van der Waals surface area contributed by atoms with Gasteiger partial charge in [-0.2, -0.15) is 5.10 Å². The Labute approximate surface area is 155 Å². The van der Waals surface area contributed by atoms with Crippen LogP contribution in [0.5, 0.6) is 11.5 Å². The highest BCUT2D eigenvalue weighted by Crippen LogP contribution is 2.33. The van der Waals surface area contributed by atoms with Crippen molar-refractivity contribution in [3.05, 3.63) is 53.9 Å². The van der Waals surface area contributed by atoms with Gasteiger partial charge in [0.2, 0.25) is 6.79 Å². The van der Waals surface area contributed by atoms with E-state index < -0.39 is 0 Å². The third-order valence-corrected chi connectivity index (χ3v) is 4.59. The van der Waals surface area contributed by atoms with Crippen LogP contribution in [0.1, 0.15) is 23.7 Å². The fourth-order valence-corrected chi connectivity index (χ4v) is 3.15. The summed E-state index contributed by atoms with van der Waals surface area (Å²) >= 11 is 0. The molecule has 0 unspecified atom stereocenters. The molecule has 0 saturated carbocycles. The van der Waals surface area contributed by atoms with Crippen LogP contribution in [-0.2, 0) is 24.4 Å². The lowest BCUT2D eigenvalue weighted by Gasteiger charge is -2.28. The Morgan fingerprint density at radius 1 is 1.35 bits per heavy atom. The molecule has 0 spiro atoms. The molecule has 0 N–H and O–H groups in total. The van der Waals surface area contributed by atoms with Crippen LogP contribution in [0.2, 0.25) is 0 Å². The highest BCUT2D eigenvalue weighted by molar-refractivity contribution is 5.44. The minimum absolute atomic E-state index is 0.271. The molecule has 1 atom stereocenters. The molecule has 0 saturated heterocycles. The zero-order valence-electron chi connectivity index (χ0n) is 15.8. The van der Waals surface area contributed by atoms with E-state index in [1.54, 1.807) is 7.11 Å². The van der Waals surface area contributed by atoms with Crippen LogP contribution in [0.4, 0.5) is 0 Å². The molecule has 2 aromatic rings. The highest BCUT2D eigenvalue weighted by atomic mass is 16.7. The molecular weight excluding hydrogens is 330 g/mol. The van der Waals surface area contributed by atoms with Gasteiger partial charge in [0.1, 0.15) is 0 Å². The van der Waals surface area contributed by atoms with E-state index in [9.17, 15) is 0 Å². The molecule has 1 aliphatic heterocycles. The molecule has 0 bridgehead atoms. The lowest BCUT2D eigenvalue weighted by atomic mass is 10.1. The molecule has 6 heteroatoms. The van der Waals surface area contributed by atoms with Crippen LogP contribution in [0.25, 0.3) is 0 Å². The van der Waals surface area contributed by atoms with Gasteiger partial charge in [-0.05, 0) is 31.5 Å². The van der Waals surface area contributed by atoms with Gasteiger partial charge < -0.3 is 14.2 Å². The van der Waals surface area contributed by atoms with Crippen molar-refractivity contribution in [3.63, 3.8) is 0 Å². The number of aromatic nitrogens is 2. The topological polar surface area (TPSA) is 48.8 Å². The van der Waals surface area contributed by atoms with Crippen molar-refractivity contribution in [1.82, 2.24) is 14.7 Å². The maximum atomic E-state index is 5.51. The normalized spacial score (nSPS) is 14.0. The molecule has 1 aliphatic rings. The van der Waals surface area contributed by atoms with Gasteiger partial charge in [-0.25, -0.2) is 0 Å². The smallest absolute Gasteiger partial charge is 0.231 e. The van der Waals surface area contributed by atoms with Crippen molar-refractivity contribution in [3.8, 4) is 11.5 Å². The summed E-state index contributed by atoms with van der Waals surface area (Å²) in [5.74, 6) is 1.63. The first-order valence-corrected chi connectivity index (χ1v) is 8.86. The second-order valence-electron chi connectivity index (χ2n) is 6.65. The fraction of sp³-hybridized carbons (Fsp3) is 0.450. The van der Waals surface area contributed by atoms with Gasteiger partial charge in [0.25, 0.3) is 0 Å². The quantitative estimate of drug-likeness (QED) is 0.645. The molecule has 1 aromatic carbocycles. The molecule has 0 aliphatic carbocycles. The van der Waals surface area contributed by atoms with E-state index in [0.29, 0.717) is 13.4 Å². The van der Waals surface area contributed by atoms with Crippen molar-refractivity contribution in [2.75, 3.05) is 20.5 Å². The van der Waals surface area contributed by atoms with Gasteiger partial charge in [0.15, 0.2) is 11.5 Å². The number of ether oxygens (including phenoxy) is 3. The summed E-state index contributed by atoms with van der Waals surface area (Å²) < 4.78 is 18.2. The minimum Gasteiger partial charge on any atom is -0.454 e. The Morgan fingerprint density at radius 3 is 2.92 bits per heavy atom. The standard InChI is InChI=1S/C20H27N3O3/c1-5-8-23-12-18(16(3)21-23)11-22(15(2)13-24-4)10-17-6-7-19-20(9-17)26-14-25-19/h5-7,9,12,15H,1,8,10-11,13-14H2,2-4H3/t15-/m0/s1. The summed E-state index contributed by atoms with van der Waals surface area (Å²) in [6, 6.07) is 6.40. The van der Waals surface area contributed by atoms with Gasteiger partial charge in [0, 0.05) is 38.0 Å². The SMILES string of the molecule is C=CCn1cc(CN(Cc2ccc3c(c2)OCO3)[C@@H](C)COC)c(C)n1. The Balaban J connectivity index is 1.77. The average molecular weight is 357 g/mol. The molecule has 26 heavy (non-hydrogen) atoms. The third-order valence-electron chi connectivity index (χ3n) is 4.59. The maximum absolute atomic E-state index is 5.51. The van der Waals surface area contributed by atoms with Crippen molar-refractivity contribution >= 4 is 0 Å². The second kappa shape index (κ2) is 8.38. The monoisotopic (exact) mass is 357 g/mol. The maximum Gasteiger partial charge on any atom is 0.231 e. The number of allylic oxidation sites excluding steroid dienone is 1. The third kappa shape index (κ3) is 4.26. The van der Waals surface area contributed by atoms with Crippen LogP contribution in [0.3, 0.4) is 0 Å². The number of benzene rings is 1. The van der Waals surface area contributed by atoms with Crippen LogP contribution in [-0.4, -0.2) is 41.2 Å². The Morgan fingerprint density at radius 2 is 2.15 bits per heavy atom. The predicted molar refractivity (Wildman–Crippen MR) is 100 cm³/mol. The summed E-state index contributed by atoms with van der Waals surface area (Å²) in [7, 11) is 1.74. The minimum atomic E-state index is 0.271. The lowest BCUT2D eigenvalue weighted by molar-refractivity contribution is 0.0893. The zero-order valence-corrected chi connectivity index (χ0v) is 15.8. The summed E-state index contributed by atoms with van der Waals surface area (Å²) in [5.41, 5.74) is 3.45. The van der Waals surface area contributed by atoms with Gasteiger partial charge >= 0.3 is 0 Å². The molecular formula is C20H27N3O3. The van der Waals surface area contributed by atoms with E-state index in [1.165, 1.54) is 11.1 Å². The Hall–Kier alpha value is -2.31. The molecule has 6 nitrogen and oxygen atoms in total. The van der Waals surface area contributed by atoms with Crippen LogP contribution >= 0.6 is 0 Å². The number of hydrogen-bond acceptors (Lipinski definition) is 5. The van der Waals surface area contributed by atoms with Crippen molar-refractivity contribution < 1.29 is 14.2 Å². The van der Waals surface area contributed by atoms with Crippen LogP contribution in [0.15, 0.2) is 37.1 Å². The zero-order chi connectivity index (χ0) is 18.5. The van der Waals surface area contributed by atoms with E-state index in [0.717, 1.165) is 36.8 Å². The van der Waals surface area contributed by atoms with Crippen LogP contribution < -0.4 is 9.47 Å². The second-order valence-corrected chi connectivity index (χ2v) is 6.65. The van der Waals surface area contributed by atoms with Gasteiger partial charge in [-0.15, -0.1) is 6.58 Å². The van der Waals surface area contributed by atoms with E-state index in [2.05, 4.69) is 48.8 Å². The number of aryl methyl sites for hydroxylation is 1. The predicted octanol–water partition coefficient (Wildman–Crippen LogP) is 3.14. The van der Waals surface area contributed by atoms with E-state index in [1.807, 2.05) is 16.8 Å². The summed E-state index contributed by atoms with van der Waals surface area (Å²) in [4.78, 5) is 2.39. The molecule has 0 fully saturated rings. The molecule has 2 heterocycles. The number of rotatable bonds is 9. The van der Waals surface area contributed by atoms with Crippen molar-refractivity contribution in [2.45, 2.75) is 39.5 Å². The van der Waals surface area contributed by atoms with Crippen molar-refractivity contribution in [2.24, 2.45) is 0 Å². The Kier molecular flexibility index (Phi) is 5.96. The first-order valence-electron chi connectivity index (χ1n) is 8.86. The number of fused-ring (bicyclic) bond motifs is 1. The molecule has 1 aromatic heterocycles. The fourth-order valence-electron chi connectivity index (χ4n) is 3.15. The Bertz CT molecular complexity index is 757. The number of methoxy groups -OCH3 is 1. The molecule has 0 radical (unpaired) electrons. The number of nitrogens with zero attached hydrogens (tertiary/aromatic N) is 3. The highest BCUT2D eigenvalue weighted by Gasteiger charge is 2.19. The van der Waals surface area contributed by atoms with Crippen LogP contribution in [0, 0.1) is 6.92 Å². The first kappa shape index (κ1) is 18.5. The summed E-state index contributed by atoms with van der Waals surface area (Å²) in [6.45, 7) is 11.3. The molecule has 140 valence electrons. The van der Waals surface area contributed by atoms with E-state index >= 15 is 0 Å².